The summed E-state index contributed by atoms with van der Waals surface area (Å²) in [4.78, 5) is 0. The predicted molar refractivity (Wildman–Crippen MR) is 225 cm³/mol. The van der Waals surface area contributed by atoms with Crippen molar-refractivity contribution < 1.29 is 0 Å². The zero-order chi connectivity index (χ0) is 34.6. The average molecular weight is 609 g/mol. The van der Waals surface area contributed by atoms with Crippen molar-refractivity contribution in [3.63, 3.8) is 0 Å². The lowest BCUT2D eigenvalue weighted by atomic mass is 9.59. The van der Waals surface area contributed by atoms with Gasteiger partial charge < -0.3 is 0 Å². The number of benzene rings is 9. The lowest BCUT2D eigenvalue weighted by Gasteiger charge is -2.29. The van der Waals surface area contributed by atoms with Crippen molar-refractivity contribution in [2.24, 2.45) is 0 Å². The van der Waals surface area contributed by atoms with Crippen molar-refractivity contribution in [1.82, 2.24) is 0 Å². The van der Waals surface area contributed by atoms with E-state index in [-0.39, 0.29) is 43.7 Å². The van der Waals surface area contributed by atoms with Gasteiger partial charge in [-0.15, -0.1) is 21.9 Å². The van der Waals surface area contributed by atoms with Crippen molar-refractivity contribution in [3.8, 4) is 22.3 Å². The molecular formula is C42H18B8. The first kappa shape index (κ1) is 31.1. The van der Waals surface area contributed by atoms with Crippen molar-refractivity contribution >= 4 is 171 Å². The Morgan fingerprint density at radius 1 is 0.260 bits per heavy atom. The fraction of sp³-hybridized carbons (Fsp3) is 0. The molecule has 0 aromatic heterocycles. The highest BCUT2D eigenvalue weighted by atomic mass is 14.3. The van der Waals surface area contributed by atoms with Gasteiger partial charge >= 0.3 is 0 Å². The molecule has 50 heavy (non-hydrogen) atoms. The Kier molecular flexibility index (Phi) is 7.02. The molecule has 0 aliphatic rings. The SMILES string of the molecule is [B]c1c([B])c([B])c2c(-c3cc4c5ccccc5c5ccccc5c4c4ccccc34)c3c([B])c([B])c([B])c([B])c3c(-c3ccccc3)c2c1[B]. The molecule has 0 unspecified atom stereocenters. The van der Waals surface area contributed by atoms with E-state index in [0.29, 0.717) is 32.7 Å². The molecule has 0 saturated heterocycles. The molecular weight excluding hydrogens is 591 g/mol. The lowest BCUT2D eigenvalue weighted by Crippen LogP contribution is -2.50. The van der Waals surface area contributed by atoms with Gasteiger partial charge in [-0.3, -0.25) is 0 Å². The van der Waals surface area contributed by atoms with Gasteiger partial charge in [0.2, 0.25) is 0 Å². The Balaban J connectivity index is 1.65. The first-order chi connectivity index (χ1) is 24.2. The van der Waals surface area contributed by atoms with Gasteiger partial charge in [0.15, 0.2) is 0 Å². The van der Waals surface area contributed by atoms with E-state index < -0.39 is 0 Å². The van der Waals surface area contributed by atoms with Crippen LogP contribution in [-0.2, 0) is 0 Å². The minimum atomic E-state index is 0.186. The van der Waals surface area contributed by atoms with Crippen LogP contribution >= 0.6 is 0 Å². The van der Waals surface area contributed by atoms with E-state index in [4.69, 9.17) is 62.8 Å². The van der Waals surface area contributed by atoms with Crippen LogP contribution in [0.5, 0.6) is 0 Å². The smallest absolute Gasteiger partial charge is 0.110 e. The molecule has 9 aromatic rings. The minimum Gasteiger partial charge on any atom is -0.110 e. The maximum Gasteiger partial charge on any atom is 0.113 e. The van der Waals surface area contributed by atoms with Crippen LogP contribution in [0, 0.1) is 0 Å². The van der Waals surface area contributed by atoms with E-state index in [9.17, 15) is 0 Å². The quantitative estimate of drug-likeness (QED) is 0.161. The third-order valence-corrected chi connectivity index (χ3v) is 10.4. The van der Waals surface area contributed by atoms with Crippen LogP contribution in [0.1, 0.15) is 0 Å². The normalized spacial score (nSPS) is 11.8. The van der Waals surface area contributed by atoms with Gasteiger partial charge in [0.05, 0.1) is 0 Å². The van der Waals surface area contributed by atoms with Crippen LogP contribution in [-0.4, -0.2) is 62.8 Å². The second-order valence-corrected chi connectivity index (χ2v) is 12.9. The van der Waals surface area contributed by atoms with Crippen molar-refractivity contribution in [1.29, 1.82) is 0 Å². The highest BCUT2D eigenvalue weighted by molar-refractivity contribution is 6.71. The van der Waals surface area contributed by atoms with Gasteiger partial charge in [-0.05, 0) is 93.0 Å². The Hall–Kier alpha value is -4.94. The standard InChI is InChI=1S/C42H18B8/c43-35-31-28(19-10-2-1-3-11-19)32-34(38(46)42(50)40(48)36(32)44)30(33(31)37(45)41(49)39(35)47)27-18-26-22-14-5-4-12-20(22)21-13-6-8-16-24(21)29(26)25-17-9-7-15-23(25)27/h1-18H. The summed E-state index contributed by atoms with van der Waals surface area (Å²) >= 11 is 0. The molecule has 0 heterocycles. The molecule has 0 spiro atoms. The van der Waals surface area contributed by atoms with Crippen molar-refractivity contribution in [2.75, 3.05) is 0 Å². The number of hydrogen-bond donors (Lipinski definition) is 0. The Bertz CT molecular complexity index is 2870. The summed E-state index contributed by atoms with van der Waals surface area (Å²) in [6.07, 6.45) is 0. The molecule has 210 valence electrons. The third-order valence-electron chi connectivity index (χ3n) is 10.4. The zero-order valence-electron chi connectivity index (χ0n) is 27.0. The summed E-state index contributed by atoms with van der Waals surface area (Å²) in [5.74, 6) is 0. The van der Waals surface area contributed by atoms with Gasteiger partial charge in [0, 0.05) is 0 Å². The Labute approximate surface area is 301 Å². The summed E-state index contributed by atoms with van der Waals surface area (Å²) in [6.45, 7) is 0. The maximum atomic E-state index is 7.05. The molecule has 0 bridgehead atoms. The summed E-state index contributed by atoms with van der Waals surface area (Å²) in [7, 11) is 54.6. The molecule has 8 heteroatoms. The average Bonchev–Trinajstić information content (AvgIpc) is 3.16. The minimum absolute atomic E-state index is 0.186. The summed E-state index contributed by atoms with van der Waals surface area (Å²) in [6, 6.07) is 37.3. The van der Waals surface area contributed by atoms with Crippen LogP contribution in [0.2, 0.25) is 0 Å². The molecule has 0 atom stereocenters. The fourth-order valence-electron chi connectivity index (χ4n) is 8.08. The Morgan fingerprint density at radius 3 is 1.08 bits per heavy atom. The predicted octanol–water partition coefficient (Wildman–Crippen LogP) is 2.29. The topological polar surface area (TPSA) is 0 Å². The van der Waals surface area contributed by atoms with Gasteiger partial charge in [-0.25, -0.2) is 0 Å². The van der Waals surface area contributed by atoms with E-state index in [1.165, 1.54) is 5.39 Å². The van der Waals surface area contributed by atoms with E-state index in [0.717, 1.165) is 48.8 Å². The first-order valence-corrected chi connectivity index (χ1v) is 16.3. The van der Waals surface area contributed by atoms with E-state index in [1.54, 1.807) is 0 Å². The third kappa shape index (κ3) is 4.11. The van der Waals surface area contributed by atoms with Gasteiger partial charge in [-0.1, -0.05) is 125 Å². The molecule has 0 aliphatic heterocycles. The molecule has 0 N–H and O–H groups in total. The van der Waals surface area contributed by atoms with Crippen LogP contribution in [0.15, 0.2) is 109 Å². The van der Waals surface area contributed by atoms with E-state index >= 15 is 0 Å². The second kappa shape index (κ2) is 11.3. The largest absolute Gasteiger partial charge is 0.113 e. The van der Waals surface area contributed by atoms with Crippen molar-refractivity contribution in [3.05, 3.63) is 109 Å². The number of hydrogen-bond acceptors (Lipinski definition) is 0. The molecule has 0 saturated carbocycles. The van der Waals surface area contributed by atoms with Gasteiger partial charge in [0.25, 0.3) is 0 Å². The van der Waals surface area contributed by atoms with Crippen LogP contribution < -0.4 is 43.7 Å². The monoisotopic (exact) mass is 610 g/mol. The van der Waals surface area contributed by atoms with Gasteiger partial charge in [-0.2, -0.15) is 0 Å². The van der Waals surface area contributed by atoms with E-state index in [1.807, 2.05) is 36.4 Å². The molecule has 9 rings (SSSR count). The lowest BCUT2D eigenvalue weighted by molar-refractivity contribution is 1.69. The first-order valence-electron chi connectivity index (χ1n) is 16.3. The van der Waals surface area contributed by atoms with E-state index in [2.05, 4.69) is 72.8 Å². The highest BCUT2D eigenvalue weighted by Crippen LogP contribution is 2.47. The molecule has 0 nitrogen and oxygen atoms in total. The zero-order valence-corrected chi connectivity index (χ0v) is 27.0. The molecule has 0 amide bonds. The second-order valence-electron chi connectivity index (χ2n) is 12.9. The fourth-order valence-corrected chi connectivity index (χ4v) is 8.08. The summed E-state index contributed by atoms with van der Waals surface area (Å²) < 4.78 is 0. The maximum absolute atomic E-state index is 7.05. The number of rotatable bonds is 2. The summed E-state index contributed by atoms with van der Waals surface area (Å²) in [5.41, 5.74) is 4.92. The molecule has 0 fully saturated rings. The van der Waals surface area contributed by atoms with Crippen LogP contribution in [0.4, 0.5) is 0 Å². The molecule has 9 aromatic carbocycles. The van der Waals surface area contributed by atoms with Gasteiger partial charge in [0.1, 0.15) is 62.8 Å². The summed E-state index contributed by atoms with van der Waals surface area (Å²) in [5, 5.41) is 11.2. The molecule has 0 aliphatic carbocycles. The van der Waals surface area contributed by atoms with Crippen LogP contribution in [0.25, 0.3) is 86.9 Å². The molecule has 16 radical (unpaired) electrons. The van der Waals surface area contributed by atoms with Crippen LogP contribution in [0.3, 0.4) is 0 Å². The Morgan fingerprint density at radius 2 is 0.600 bits per heavy atom. The highest BCUT2D eigenvalue weighted by Gasteiger charge is 2.26. The van der Waals surface area contributed by atoms with Crippen molar-refractivity contribution in [2.45, 2.75) is 0 Å². The number of fused-ring (bicyclic) bond motifs is 10.